The van der Waals surface area contributed by atoms with Crippen molar-refractivity contribution in [3.63, 3.8) is 0 Å². The molecule has 0 bridgehead atoms. The summed E-state index contributed by atoms with van der Waals surface area (Å²) in [5, 5.41) is 0. The summed E-state index contributed by atoms with van der Waals surface area (Å²) in [6.07, 6.45) is -0.393. The fourth-order valence-corrected chi connectivity index (χ4v) is 4.45. The summed E-state index contributed by atoms with van der Waals surface area (Å²) in [7, 11) is 0. The van der Waals surface area contributed by atoms with E-state index in [9.17, 15) is 9.59 Å². The average molecular weight is 473 g/mol. The molecular formula is C24H32N4O6. The molecule has 2 aliphatic heterocycles. The number of H-pyrrole nitrogens is 1. The minimum Gasteiger partial charge on any atom is -0.444 e. The monoisotopic (exact) mass is 472 g/mol. The van der Waals surface area contributed by atoms with Gasteiger partial charge in [0.25, 0.3) is 5.56 Å². The number of nitrogen functional groups attached to an aromatic ring is 1. The number of anilines is 1. The molecule has 2 fully saturated rings. The van der Waals surface area contributed by atoms with Crippen molar-refractivity contribution in [1.29, 1.82) is 0 Å². The van der Waals surface area contributed by atoms with Gasteiger partial charge in [0.1, 0.15) is 17.8 Å². The zero-order chi connectivity index (χ0) is 24.7. The quantitative estimate of drug-likeness (QED) is 0.680. The van der Waals surface area contributed by atoms with E-state index in [1.165, 1.54) is 11.1 Å². The van der Waals surface area contributed by atoms with Gasteiger partial charge in [0.2, 0.25) is 0 Å². The summed E-state index contributed by atoms with van der Waals surface area (Å²) in [6.45, 7) is 9.46. The molecule has 10 heteroatoms. The van der Waals surface area contributed by atoms with Crippen molar-refractivity contribution in [3.8, 4) is 0 Å². The lowest BCUT2D eigenvalue weighted by Gasteiger charge is -2.35. The maximum atomic E-state index is 13.4. The van der Waals surface area contributed by atoms with Crippen molar-refractivity contribution in [2.75, 3.05) is 12.3 Å². The molecule has 0 radical (unpaired) electrons. The van der Waals surface area contributed by atoms with Crippen molar-refractivity contribution in [2.45, 2.75) is 76.9 Å². The van der Waals surface area contributed by atoms with Crippen LogP contribution in [0.25, 0.3) is 0 Å². The van der Waals surface area contributed by atoms with Gasteiger partial charge < -0.3 is 24.7 Å². The van der Waals surface area contributed by atoms with Gasteiger partial charge in [-0.25, -0.2) is 9.78 Å². The Morgan fingerprint density at radius 3 is 2.53 bits per heavy atom. The molecule has 0 spiro atoms. The number of carbonyl (C=O) groups excluding carboxylic acids is 1. The van der Waals surface area contributed by atoms with Crippen LogP contribution < -0.4 is 11.3 Å². The van der Waals surface area contributed by atoms with Gasteiger partial charge in [0, 0.05) is 6.20 Å². The molecule has 2 saturated heterocycles. The molecule has 4 rings (SSSR count). The van der Waals surface area contributed by atoms with Crippen LogP contribution in [0.5, 0.6) is 0 Å². The van der Waals surface area contributed by atoms with Crippen molar-refractivity contribution in [3.05, 3.63) is 58.0 Å². The first-order valence-corrected chi connectivity index (χ1v) is 11.3. The summed E-state index contributed by atoms with van der Waals surface area (Å²) in [4.78, 5) is 34.3. The number of ether oxygens (including phenoxy) is 4. The van der Waals surface area contributed by atoms with Crippen molar-refractivity contribution < 1.29 is 23.7 Å². The molecule has 1 aromatic heterocycles. The highest BCUT2D eigenvalue weighted by atomic mass is 16.8. The number of fused-ring (bicyclic) bond motifs is 1. The molecule has 10 nitrogen and oxygen atoms in total. The second-order valence-electron chi connectivity index (χ2n) is 10.0. The molecule has 4 atom stereocenters. The fraction of sp³-hybridized carbons (Fsp3) is 0.542. The number of aromatic nitrogens is 2. The van der Waals surface area contributed by atoms with Gasteiger partial charge >= 0.3 is 6.09 Å². The van der Waals surface area contributed by atoms with Crippen LogP contribution >= 0.6 is 0 Å². The van der Waals surface area contributed by atoms with Crippen LogP contribution in [0.2, 0.25) is 0 Å². The normalized spacial score (nSPS) is 25.9. The molecule has 0 saturated carbocycles. The van der Waals surface area contributed by atoms with E-state index in [4.69, 9.17) is 24.7 Å². The third-order valence-corrected chi connectivity index (χ3v) is 5.68. The number of nitrogens with two attached hydrogens (primary N) is 1. The van der Waals surface area contributed by atoms with E-state index >= 15 is 0 Å². The first-order chi connectivity index (χ1) is 16.0. The van der Waals surface area contributed by atoms with Crippen LogP contribution in [-0.4, -0.2) is 57.2 Å². The number of nitrogens with zero attached hydrogens (tertiary/aromatic N) is 2. The summed E-state index contributed by atoms with van der Waals surface area (Å²) in [5.41, 5.74) is 5.69. The summed E-state index contributed by atoms with van der Waals surface area (Å²) < 4.78 is 24.1. The SMILES string of the molecule is CC(C)(C)OC(=O)N1C(COCc2ccccc2)C2OC(C)(C)OC2C1c1cnc(N)[nH]c1=O. The molecule has 1 aromatic carbocycles. The molecule has 184 valence electrons. The summed E-state index contributed by atoms with van der Waals surface area (Å²) in [6, 6.07) is 8.36. The number of likely N-dealkylation sites (tertiary alicyclic amines) is 1. The number of nitrogens with one attached hydrogen (secondary N) is 1. The van der Waals surface area contributed by atoms with Crippen LogP contribution in [-0.2, 0) is 25.6 Å². The zero-order valence-electron chi connectivity index (χ0n) is 20.1. The lowest BCUT2D eigenvalue weighted by molar-refractivity contribution is -0.170. The van der Waals surface area contributed by atoms with E-state index in [1.54, 1.807) is 34.6 Å². The summed E-state index contributed by atoms with van der Waals surface area (Å²) in [5.74, 6) is -0.919. The molecule has 34 heavy (non-hydrogen) atoms. The number of hydrogen-bond acceptors (Lipinski definition) is 8. The van der Waals surface area contributed by atoms with Gasteiger partial charge in [0.05, 0.1) is 30.9 Å². The first-order valence-electron chi connectivity index (χ1n) is 11.3. The molecule has 1 amide bonds. The minimum absolute atomic E-state index is 0.0150. The highest BCUT2D eigenvalue weighted by molar-refractivity contribution is 5.70. The van der Waals surface area contributed by atoms with Crippen LogP contribution in [0, 0.1) is 0 Å². The topological polar surface area (TPSA) is 129 Å². The van der Waals surface area contributed by atoms with Gasteiger partial charge in [-0.05, 0) is 40.2 Å². The highest BCUT2D eigenvalue weighted by Gasteiger charge is 2.61. The third-order valence-electron chi connectivity index (χ3n) is 5.68. The van der Waals surface area contributed by atoms with Gasteiger partial charge in [0.15, 0.2) is 11.7 Å². The Balaban J connectivity index is 1.70. The van der Waals surface area contributed by atoms with Gasteiger partial charge in [-0.15, -0.1) is 0 Å². The number of aromatic amines is 1. The second kappa shape index (κ2) is 9.01. The lowest BCUT2D eigenvalue weighted by Crippen LogP contribution is -2.48. The van der Waals surface area contributed by atoms with Gasteiger partial charge in [-0.3, -0.25) is 14.7 Å². The van der Waals surface area contributed by atoms with E-state index < -0.39 is 47.3 Å². The molecule has 2 aliphatic rings. The largest absolute Gasteiger partial charge is 0.444 e. The number of carbonyl (C=O) groups is 1. The zero-order valence-corrected chi connectivity index (χ0v) is 20.1. The lowest BCUT2D eigenvalue weighted by atomic mass is 10.0. The predicted octanol–water partition coefficient (Wildman–Crippen LogP) is 2.75. The molecule has 3 heterocycles. The van der Waals surface area contributed by atoms with Gasteiger partial charge in [-0.2, -0.15) is 0 Å². The highest BCUT2D eigenvalue weighted by Crippen LogP contribution is 2.47. The molecule has 2 aromatic rings. The summed E-state index contributed by atoms with van der Waals surface area (Å²) >= 11 is 0. The Hall–Kier alpha value is -2.95. The van der Waals surface area contributed by atoms with Crippen molar-refractivity contribution in [2.24, 2.45) is 0 Å². The van der Waals surface area contributed by atoms with E-state index in [1.807, 2.05) is 30.3 Å². The van der Waals surface area contributed by atoms with E-state index in [0.717, 1.165) is 5.56 Å². The standard InChI is InChI=1S/C24H32N4O6/c1-23(2,3)34-22(30)28-16(13-31-12-14-9-7-6-8-10-14)18-19(33-24(4,5)32-18)17(28)15-11-26-21(25)27-20(15)29/h6-11,16-19H,12-13H2,1-5H3,(H3,25,26,27,29). The average Bonchev–Trinajstić information content (AvgIpc) is 3.18. The Morgan fingerprint density at radius 2 is 1.88 bits per heavy atom. The Bertz CT molecular complexity index is 1080. The van der Waals surface area contributed by atoms with Crippen LogP contribution in [0.1, 0.15) is 51.8 Å². The first kappa shape index (κ1) is 24.2. The Kier molecular flexibility index (Phi) is 6.41. The number of amides is 1. The fourth-order valence-electron chi connectivity index (χ4n) is 4.45. The van der Waals surface area contributed by atoms with Crippen molar-refractivity contribution >= 4 is 12.0 Å². The molecule has 0 aliphatic carbocycles. The smallest absolute Gasteiger partial charge is 0.411 e. The van der Waals surface area contributed by atoms with Crippen molar-refractivity contribution in [1.82, 2.24) is 14.9 Å². The van der Waals surface area contributed by atoms with Gasteiger partial charge in [-0.1, -0.05) is 30.3 Å². The number of rotatable bonds is 5. The molecule has 4 unspecified atom stereocenters. The van der Waals surface area contributed by atoms with Crippen LogP contribution in [0.4, 0.5) is 10.7 Å². The maximum Gasteiger partial charge on any atom is 0.411 e. The van der Waals surface area contributed by atoms with E-state index in [0.29, 0.717) is 6.61 Å². The Labute approximate surface area is 198 Å². The predicted molar refractivity (Wildman–Crippen MR) is 124 cm³/mol. The van der Waals surface area contributed by atoms with Crippen LogP contribution in [0.3, 0.4) is 0 Å². The maximum absolute atomic E-state index is 13.4. The third kappa shape index (κ3) is 5.08. The molecule has 3 N–H and O–H groups in total. The van der Waals surface area contributed by atoms with E-state index in [2.05, 4.69) is 9.97 Å². The van der Waals surface area contributed by atoms with E-state index in [-0.39, 0.29) is 18.1 Å². The minimum atomic E-state index is -0.903. The number of benzene rings is 1. The van der Waals surface area contributed by atoms with Crippen LogP contribution in [0.15, 0.2) is 41.3 Å². The second-order valence-corrected chi connectivity index (χ2v) is 10.0. The molecular weight excluding hydrogens is 440 g/mol. The number of hydrogen-bond donors (Lipinski definition) is 2. The Morgan fingerprint density at radius 1 is 1.21 bits per heavy atom.